The molecule has 0 radical (unpaired) electrons. The van der Waals surface area contributed by atoms with Gasteiger partial charge in [-0.15, -0.1) is 0 Å². The van der Waals surface area contributed by atoms with E-state index in [1.54, 1.807) is 31.2 Å². The summed E-state index contributed by atoms with van der Waals surface area (Å²) in [6, 6.07) is 11.6. The Hall–Kier alpha value is -2.73. The van der Waals surface area contributed by atoms with E-state index in [0.717, 1.165) is 6.42 Å². The minimum atomic E-state index is -0.157. The molecule has 0 bridgehead atoms. The van der Waals surface area contributed by atoms with E-state index < -0.39 is 0 Å². The van der Waals surface area contributed by atoms with Crippen LogP contribution in [0.3, 0.4) is 0 Å². The van der Waals surface area contributed by atoms with Crippen molar-refractivity contribution in [3.8, 4) is 17.2 Å². The number of methoxy groups -OCH3 is 3. The van der Waals surface area contributed by atoms with Gasteiger partial charge in [-0.05, 0) is 23.3 Å². The average molecular weight is 371 g/mol. The van der Waals surface area contributed by atoms with E-state index in [2.05, 4.69) is 12.1 Å². The molecule has 27 heavy (non-hydrogen) atoms. The SMILES string of the molecule is COc1ccc(C(=O)N(C)CC2Cc3ccccc3CO2)c(OC)c1OC. The molecule has 1 aliphatic heterocycles. The van der Waals surface area contributed by atoms with E-state index in [1.165, 1.54) is 25.3 Å². The molecule has 1 amide bonds. The Kier molecular flexibility index (Phi) is 5.86. The Labute approximate surface area is 159 Å². The first-order chi connectivity index (χ1) is 13.1. The predicted octanol–water partition coefficient (Wildman–Crippen LogP) is 2.93. The van der Waals surface area contributed by atoms with Gasteiger partial charge >= 0.3 is 0 Å². The molecule has 1 aliphatic rings. The zero-order valence-corrected chi connectivity index (χ0v) is 16.2. The summed E-state index contributed by atoms with van der Waals surface area (Å²) in [5, 5.41) is 0. The highest BCUT2D eigenvalue weighted by Gasteiger charge is 2.26. The summed E-state index contributed by atoms with van der Waals surface area (Å²) in [5.41, 5.74) is 2.91. The maximum Gasteiger partial charge on any atom is 0.257 e. The normalized spacial score (nSPS) is 15.6. The van der Waals surface area contributed by atoms with Gasteiger partial charge in [0.1, 0.15) is 0 Å². The fourth-order valence-corrected chi connectivity index (χ4v) is 3.39. The molecule has 0 N–H and O–H groups in total. The molecule has 0 fully saturated rings. The first-order valence-electron chi connectivity index (χ1n) is 8.81. The molecule has 3 rings (SSSR count). The van der Waals surface area contributed by atoms with Gasteiger partial charge in [0.25, 0.3) is 5.91 Å². The van der Waals surface area contributed by atoms with Gasteiger partial charge in [0.2, 0.25) is 5.75 Å². The number of likely N-dealkylation sites (N-methyl/N-ethyl adjacent to an activating group) is 1. The Balaban J connectivity index is 1.76. The third kappa shape index (κ3) is 3.85. The molecule has 1 heterocycles. The summed E-state index contributed by atoms with van der Waals surface area (Å²) in [7, 11) is 6.34. The standard InChI is InChI=1S/C21H25NO5/c1-22(12-16-11-14-7-5-6-8-15(14)13-27-16)21(23)17-9-10-18(24-2)20(26-4)19(17)25-3/h5-10,16H,11-13H2,1-4H3. The van der Waals surface area contributed by atoms with Gasteiger partial charge in [-0.3, -0.25) is 4.79 Å². The molecule has 0 aliphatic carbocycles. The van der Waals surface area contributed by atoms with Crippen molar-refractivity contribution in [3.63, 3.8) is 0 Å². The molecule has 2 aromatic carbocycles. The Morgan fingerprint density at radius 3 is 2.41 bits per heavy atom. The quantitative estimate of drug-likeness (QED) is 0.781. The van der Waals surface area contributed by atoms with Crippen LogP contribution in [0.15, 0.2) is 36.4 Å². The molecular weight excluding hydrogens is 346 g/mol. The summed E-state index contributed by atoms with van der Waals surface area (Å²) >= 11 is 0. The number of hydrogen-bond donors (Lipinski definition) is 0. The fraction of sp³-hybridized carbons (Fsp3) is 0.381. The van der Waals surface area contributed by atoms with E-state index in [4.69, 9.17) is 18.9 Å². The summed E-state index contributed by atoms with van der Waals surface area (Å²) < 4.78 is 22.0. The number of ether oxygens (including phenoxy) is 4. The van der Waals surface area contributed by atoms with Gasteiger partial charge in [0.05, 0.1) is 39.6 Å². The van der Waals surface area contributed by atoms with Gasteiger partial charge < -0.3 is 23.8 Å². The first kappa shape index (κ1) is 19.0. The third-order valence-corrected chi connectivity index (χ3v) is 4.80. The number of rotatable bonds is 6. The van der Waals surface area contributed by atoms with Crippen molar-refractivity contribution >= 4 is 5.91 Å². The molecule has 0 aromatic heterocycles. The lowest BCUT2D eigenvalue weighted by Gasteiger charge is -2.29. The minimum absolute atomic E-state index is 0.0417. The summed E-state index contributed by atoms with van der Waals surface area (Å²) in [5.74, 6) is 1.13. The van der Waals surface area contributed by atoms with Gasteiger partial charge in [-0.2, -0.15) is 0 Å². The van der Waals surface area contributed by atoms with Crippen LogP contribution in [0.25, 0.3) is 0 Å². The second-order valence-corrected chi connectivity index (χ2v) is 6.47. The highest BCUT2D eigenvalue weighted by molar-refractivity contribution is 5.98. The zero-order valence-electron chi connectivity index (χ0n) is 16.2. The van der Waals surface area contributed by atoms with E-state index in [0.29, 0.717) is 36.0 Å². The number of carbonyl (C=O) groups is 1. The van der Waals surface area contributed by atoms with Gasteiger partial charge in [-0.1, -0.05) is 24.3 Å². The van der Waals surface area contributed by atoms with Crippen LogP contribution >= 0.6 is 0 Å². The molecule has 6 nitrogen and oxygen atoms in total. The highest BCUT2D eigenvalue weighted by atomic mass is 16.5. The number of fused-ring (bicyclic) bond motifs is 1. The molecule has 6 heteroatoms. The van der Waals surface area contributed by atoms with E-state index in [1.807, 2.05) is 12.1 Å². The second kappa shape index (κ2) is 8.31. The number of amides is 1. The van der Waals surface area contributed by atoms with Crippen LogP contribution in [0.2, 0.25) is 0 Å². The largest absolute Gasteiger partial charge is 0.493 e. The Morgan fingerprint density at radius 2 is 1.74 bits per heavy atom. The maximum atomic E-state index is 13.0. The summed E-state index contributed by atoms with van der Waals surface area (Å²) in [4.78, 5) is 14.7. The van der Waals surface area contributed by atoms with Gasteiger partial charge in [0.15, 0.2) is 11.5 Å². The molecular formula is C21H25NO5. The highest BCUT2D eigenvalue weighted by Crippen LogP contribution is 2.40. The van der Waals surface area contributed by atoms with Crippen molar-refractivity contribution in [3.05, 3.63) is 53.1 Å². The van der Waals surface area contributed by atoms with Crippen LogP contribution < -0.4 is 14.2 Å². The van der Waals surface area contributed by atoms with Crippen LogP contribution in [0, 0.1) is 0 Å². The molecule has 0 spiro atoms. The first-order valence-corrected chi connectivity index (χ1v) is 8.81. The topological polar surface area (TPSA) is 57.2 Å². The smallest absolute Gasteiger partial charge is 0.257 e. The zero-order chi connectivity index (χ0) is 19.4. The van der Waals surface area contributed by atoms with Crippen LogP contribution in [-0.4, -0.2) is 51.8 Å². The van der Waals surface area contributed by atoms with Crippen LogP contribution in [0.1, 0.15) is 21.5 Å². The number of carbonyl (C=O) groups excluding carboxylic acids is 1. The average Bonchev–Trinajstić information content (AvgIpc) is 2.71. The van der Waals surface area contributed by atoms with Crippen molar-refractivity contribution < 1.29 is 23.7 Å². The number of nitrogens with zero attached hydrogens (tertiary/aromatic N) is 1. The van der Waals surface area contributed by atoms with Crippen molar-refractivity contribution in [2.45, 2.75) is 19.1 Å². The van der Waals surface area contributed by atoms with Crippen molar-refractivity contribution in [1.82, 2.24) is 4.90 Å². The molecule has 1 unspecified atom stereocenters. The van der Waals surface area contributed by atoms with Gasteiger partial charge in [0, 0.05) is 20.0 Å². The molecule has 2 aromatic rings. The lowest BCUT2D eigenvalue weighted by molar-refractivity contribution is 0.00977. The lowest BCUT2D eigenvalue weighted by Crippen LogP contribution is -2.38. The third-order valence-electron chi connectivity index (χ3n) is 4.80. The molecule has 0 saturated carbocycles. The van der Waals surface area contributed by atoms with Crippen molar-refractivity contribution in [2.75, 3.05) is 34.9 Å². The molecule has 144 valence electrons. The minimum Gasteiger partial charge on any atom is -0.493 e. The summed E-state index contributed by atoms with van der Waals surface area (Å²) in [6.07, 6.45) is 0.747. The van der Waals surface area contributed by atoms with E-state index >= 15 is 0 Å². The summed E-state index contributed by atoms with van der Waals surface area (Å²) in [6.45, 7) is 1.06. The lowest BCUT2D eigenvalue weighted by atomic mass is 9.99. The molecule has 0 saturated heterocycles. The van der Waals surface area contributed by atoms with Gasteiger partial charge in [-0.25, -0.2) is 0 Å². The van der Waals surface area contributed by atoms with Crippen LogP contribution in [-0.2, 0) is 17.8 Å². The number of hydrogen-bond acceptors (Lipinski definition) is 5. The Morgan fingerprint density at radius 1 is 1.04 bits per heavy atom. The second-order valence-electron chi connectivity index (χ2n) is 6.47. The molecule has 1 atom stereocenters. The number of benzene rings is 2. The fourth-order valence-electron chi connectivity index (χ4n) is 3.39. The van der Waals surface area contributed by atoms with Crippen LogP contribution in [0.4, 0.5) is 0 Å². The van der Waals surface area contributed by atoms with Crippen molar-refractivity contribution in [2.24, 2.45) is 0 Å². The van der Waals surface area contributed by atoms with E-state index in [9.17, 15) is 4.79 Å². The monoisotopic (exact) mass is 371 g/mol. The maximum absolute atomic E-state index is 13.0. The van der Waals surface area contributed by atoms with Crippen LogP contribution in [0.5, 0.6) is 17.2 Å². The Bertz CT molecular complexity index is 820. The predicted molar refractivity (Wildman–Crippen MR) is 102 cm³/mol. The van der Waals surface area contributed by atoms with E-state index in [-0.39, 0.29) is 12.0 Å². The van der Waals surface area contributed by atoms with Crippen molar-refractivity contribution in [1.29, 1.82) is 0 Å².